The van der Waals surface area contributed by atoms with Gasteiger partial charge in [-0.15, -0.1) is 0 Å². The lowest BCUT2D eigenvalue weighted by Gasteiger charge is -2.22. The van der Waals surface area contributed by atoms with E-state index in [0.29, 0.717) is 11.5 Å². The summed E-state index contributed by atoms with van der Waals surface area (Å²) < 4.78 is 12.5. The molecule has 0 fully saturated rings. The second kappa shape index (κ2) is 7.92. The third kappa shape index (κ3) is 3.05. The van der Waals surface area contributed by atoms with E-state index in [4.69, 9.17) is 18.8 Å². The van der Waals surface area contributed by atoms with Crippen molar-refractivity contribution in [3.05, 3.63) is 120 Å². The number of aromatic nitrogens is 2. The van der Waals surface area contributed by atoms with E-state index < -0.39 is 0 Å². The third-order valence-electron chi connectivity index (χ3n) is 8.72. The Labute approximate surface area is 235 Å². The molecule has 1 aliphatic carbocycles. The number of para-hydroxylation sites is 2. The van der Waals surface area contributed by atoms with Crippen LogP contribution in [0.3, 0.4) is 0 Å². The molecule has 4 nitrogen and oxygen atoms in total. The largest absolute Gasteiger partial charge is 0.456 e. The van der Waals surface area contributed by atoms with Crippen LogP contribution in [0.2, 0.25) is 0 Å². The molecule has 5 aromatic carbocycles. The molecular formula is C37H24N2O2. The van der Waals surface area contributed by atoms with E-state index in [1.54, 1.807) is 0 Å². The second-order valence-corrected chi connectivity index (χ2v) is 11.4. The molecule has 0 saturated heterocycles. The highest BCUT2D eigenvalue weighted by Gasteiger charge is 2.38. The normalized spacial score (nSPS) is 13.8. The lowest BCUT2D eigenvalue weighted by Crippen LogP contribution is -2.15. The Morgan fingerprint density at radius 2 is 1.27 bits per heavy atom. The van der Waals surface area contributed by atoms with Gasteiger partial charge in [-0.2, -0.15) is 4.98 Å². The molecule has 0 saturated carbocycles. The standard InChI is InChI=1S/C37H24N2O2/c1-37(2)26-18-19-30-32(24-12-6-8-14-28(24)40-30)31(26)23-17-16-22(20-27(23)37)34-33-25-13-7-9-15-29(25)41-36(33)39-35(38-34)21-10-4-3-5-11-21/h3-20H,1-2H3. The smallest absolute Gasteiger partial charge is 0.231 e. The maximum Gasteiger partial charge on any atom is 0.231 e. The fourth-order valence-electron chi connectivity index (χ4n) is 6.74. The van der Waals surface area contributed by atoms with Crippen LogP contribution >= 0.6 is 0 Å². The predicted molar refractivity (Wildman–Crippen MR) is 165 cm³/mol. The van der Waals surface area contributed by atoms with E-state index >= 15 is 0 Å². The number of rotatable bonds is 2. The summed E-state index contributed by atoms with van der Waals surface area (Å²) in [6.45, 7) is 4.63. The Morgan fingerprint density at radius 3 is 2.07 bits per heavy atom. The van der Waals surface area contributed by atoms with Crippen molar-refractivity contribution < 1.29 is 8.83 Å². The van der Waals surface area contributed by atoms with Gasteiger partial charge in [0, 0.05) is 32.7 Å². The second-order valence-electron chi connectivity index (χ2n) is 11.4. The van der Waals surface area contributed by atoms with Gasteiger partial charge in [-0.05, 0) is 46.5 Å². The maximum absolute atomic E-state index is 6.28. The zero-order valence-corrected chi connectivity index (χ0v) is 22.6. The molecule has 194 valence electrons. The van der Waals surface area contributed by atoms with Gasteiger partial charge in [0.25, 0.3) is 0 Å². The summed E-state index contributed by atoms with van der Waals surface area (Å²) in [4.78, 5) is 10.1. The molecule has 41 heavy (non-hydrogen) atoms. The predicted octanol–water partition coefficient (Wildman–Crippen LogP) is 9.92. The molecular weight excluding hydrogens is 504 g/mol. The Hall–Kier alpha value is -5.22. The van der Waals surface area contributed by atoms with Crippen molar-refractivity contribution >= 4 is 44.0 Å². The molecule has 4 heteroatoms. The van der Waals surface area contributed by atoms with Crippen LogP contribution in [0.5, 0.6) is 0 Å². The van der Waals surface area contributed by atoms with Crippen LogP contribution in [-0.4, -0.2) is 9.97 Å². The average Bonchev–Trinajstić information content (AvgIpc) is 3.65. The molecule has 8 aromatic rings. The van der Waals surface area contributed by atoms with E-state index in [2.05, 4.69) is 62.4 Å². The Balaban J connectivity index is 1.33. The Morgan fingerprint density at radius 1 is 0.561 bits per heavy atom. The fourth-order valence-corrected chi connectivity index (χ4v) is 6.74. The van der Waals surface area contributed by atoms with Crippen molar-refractivity contribution in [2.24, 2.45) is 0 Å². The van der Waals surface area contributed by atoms with Crippen LogP contribution in [0.25, 0.3) is 77.8 Å². The van der Waals surface area contributed by atoms with Crippen molar-refractivity contribution in [1.82, 2.24) is 9.97 Å². The number of hydrogen-bond donors (Lipinski definition) is 0. The molecule has 0 radical (unpaired) electrons. The molecule has 0 N–H and O–H groups in total. The molecule has 0 spiro atoms. The summed E-state index contributed by atoms with van der Waals surface area (Å²) in [5.41, 5.74) is 11.1. The fraction of sp³-hybridized carbons (Fsp3) is 0.0811. The van der Waals surface area contributed by atoms with Gasteiger partial charge in [0.1, 0.15) is 16.7 Å². The molecule has 0 atom stereocenters. The van der Waals surface area contributed by atoms with E-state index in [0.717, 1.165) is 49.7 Å². The van der Waals surface area contributed by atoms with Crippen molar-refractivity contribution in [3.63, 3.8) is 0 Å². The Kier molecular flexibility index (Phi) is 4.36. The summed E-state index contributed by atoms with van der Waals surface area (Å²) in [5.74, 6) is 0.654. The van der Waals surface area contributed by atoms with Crippen LogP contribution in [0, 0.1) is 0 Å². The number of nitrogens with zero attached hydrogens (tertiary/aromatic N) is 2. The number of benzene rings is 5. The monoisotopic (exact) mass is 528 g/mol. The number of furan rings is 2. The quantitative estimate of drug-likeness (QED) is 0.224. The molecule has 3 aromatic heterocycles. The minimum Gasteiger partial charge on any atom is -0.456 e. The first kappa shape index (κ1) is 22.6. The summed E-state index contributed by atoms with van der Waals surface area (Å²) in [6.07, 6.45) is 0. The van der Waals surface area contributed by atoms with E-state index in [1.165, 1.54) is 27.6 Å². The summed E-state index contributed by atoms with van der Waals surface area (Å²) >= 11 is 0. The van der Waals surface area contributed by atoms with E-state index in [9.17, 15) is 0 Å². The number of fused-ring (bicyclic) bond motifs is 10. The first-order valence-electron chi connectivity index (χ1n) is 13.9. The van der Waals surface area contributed by atoms with Gasteiger partial charge >= 0.3 is 0 Å². The first-order valence-corrected chi connectivity index (χ1v) is 13.9. The highest BCUT2D eigenvalue weighted by atomic mass is 16.3. The van der Waals surface area contributed by atoms with Crippen molar-refractivity contribution in [2.75, 3.05) is 0 Å². The summed E-state index contributed by atoms with van der Waals surface area (Å²) in [7, 11) is 0. The van der Waals surface area contributed by atoms with Crippen LogP contribution in [0.4, 0.5) is 0 Å². The van der Waals surface area contributed by atoms with E-state index in [1.807, 2.05) is 60.7 Å². The van der Waals surface area contributed by atoms with Crippen molar-refractivity contribution in [1.29, 1.82) is 0 Å². The average molecular weight is 529 g/mol. The van der Waals surface area contributed by atoms with Gasteiger partial charge in [0.15, 0.2) is 5.82 Å². The lowest BCUT2D eigenvalue weighted by atomic mass is 9.81. The van der Waals surface area contributed by atoms with E-state index in [-0.39, 0.29) is 5.41 Å². The minimum atomic E-state index is -0.194. The molecule has 0 unspecified atom stereocenters. The van der Waals surface area contributed by atoms with Gasteiger partial charge in [0.2, 0.25) is 5.71 Å². The van der Waals surface area contributed by atoms with Gasteiger partial charge in [-0.1, -0.05) is 98.8 Å². The third-order valence-corrected chi connectivity index (χ3v) is 8.72. The SMILES string of the molecule is CC1(C)c2cc(-c3nc(-c4ccccc4)nc4oc5ccccc5c34)ccc2-c2c1ccc1oc3ccccc3c21. The van der Waals surface area contributed by atoms with Gasteiger partial charge in [-0.25, -0.2) is 4.98 Å². The van der Waals surface area contributed by atoms with Crippen molar-refractivity contribution in [2.45, 2.75) is 19.3 Å². The maximum atomic E-state index is 6.28. The van der Waals surface area contributed by atoms with Gasteiger partial charge in [0.05, 0.1) is 11.1 Å². The highest BCUT2D eigenvalue weighted by molar-refractivity contribution is 6.15. The zero-order valence-electron chi connectivity index (χ0n) is 22.6. The lowest BCUT2D eigenvalue weighted by molar-refractivity contribution is 0.653. The van der Waals surface area contributed by atoms with Crippen LogP contribution in [0.1, 0.15) is 25.0 Å². The molecule has 9 rings (SSSR count). The highest BCUT2D eigenvalue weighted by Crippen LogP contribution is 2.54. The molecule has 0 bridgehead atoms. The van der Waals surface area contributed by atoms with Gasteiger partial charge < -0.3 is 8.83 Å². The molecule has 1 aliphatic rings. The van der Waals surface area contributed by atoms with Crippen molar-refractivity contribution in [3.8, 4) is 33.8 Å². The molecule has 3 heterocycles. The van der Waals surface area contributed by atoms with Crippen LogP contribution < -0.4 is 0 Å². The Bertz CT molecular complexity index is 2340. The zero-order chi connectivity index (χ0) is 27.3. The summed E-state index contributed by atoms with van der Waals surface area (Å²) in [6, 6.07) is 37.7. The summed E-state index contributed by atoms with van der Waals surface area (Å²) in [5, 5.41) is 4.31. The minimum absolute atomic E-state index is 0.194. The first-order chi connectivity index (χ1) is 20.1. The van der Waals surface area contributed by atoms with Crippen LogP contribution in [-0.2, 0) is 5.41 Å². The topological polar surface area (TPSA) is 52.1 Å². The number of hydrogen-bond acceptors (Lipinski definition) is 4. The van der Waals surface area contributed by atoms with Crippen LogP contribution in [0.15, 0.2) is 118 Å². The molecule has 0 aliphatic heterocycles. The van der Waals surface area contributed by atoms with Gasteiger partial charge in [-0.3, -0.25) is 0 Å². The molecule has 0 amide bonds.